The van der Waals surface area contributed by atoms with E-state index in [1.54, 1.807) is 12.3 Å². The molecule has 3 N–H and O–H groups in total. The zero-order valence-corrected chi connectivity index (χ0v) is 8.33. The van der Waals surface area contributed by atoms with Crippen LogP contribution < -0.4 is 5.73 Å². The lowest BCUT2D eigenvalue weighted by molar-refractivity contribution is 1.45. The fourth-order valence-corrected chi connectivity index (χ4v) is 1.27. The van der Waals surface area contributed by atoms with Crippen LogP contribution in [0.15, 0.2) is 24.4 Å². The molecule has 1 heterocycles. The van der Waals surface area contributed by atoms with Crippen molar-refractivity contribution in [1.29, 1.82) is 5.26 Å². The summed E-state index contributed by atoms with van der Waals surface area (Å²) in [6.45, 7) is 4.00. The highest BCUT2D eigenvalue weighted by Crippen LogP contribution is 2.22. The maximum Gasteiger partial charge on any atom is 0.101 e. The van der Waals surface area contributed by atoms with Gasteiger partial charge >= 0.3 is 0 Å². The van der Waals surface area contributed by atoms with Gasteiger partial charge in [-0.15, -0.1) is 0 Å². The van der Waals surface area contributed by atoms with Crippen molar-refractivity contribution in [3.05, 3.63) is 30.0 Å². The Morgan fingerprint density at radius 3 is 2.71 bits per heavy atom. The predicted molar refractivity (Wildman–Crippen MR) is 58.8 cm³/mol. The third-order valence-corrected chi connectivity index (χ3v) is 1.87. The van der Waals surface area contributed by atoms with Crippen molar-refractivity contribution in [2.75, 3.05) is 5.73 Å². The van der Waals surface area contributed by atoms with E-state index >= 15 is 0 Å². The van der Waals surface area contributed by atoms with Crippen LogP contribution in [0.4, 0.5) is 5.69 Å². The first kappa shape index (κ1) is 10.1. The molecule has 3 heteroatoms. The number of hydrogen-bond donors (Lipinski definition) is 2. The van der Waals surface area contributed by atoms with Crippen LogP contribution in [0.2, 0.25) is 0 Å². The van der Waals surface area contributed by atoms with E-state index in [9.17, 15) is 0 Å². The molecule has 72 valence electrons. The summed E-state index contributed by atoms with van der Waals surface area (Å²) in [6.07, 6.45) is 1.67. The third kappa shape index (κ3) is 1.55. The summed E-state index contributed by atoms with van der Waals surface area (Å²) in [6, 6.07) is 7.61. The van der Waals surface area contributed by atoms with Crippen LogP contribution in [-0.4, -0.2) is 4.98 Å². The van der Waals surface area contributed by atoms with Gasteiger partial charge in [-0.05, 0) is 6.07 Å². The molecule has 0 aliphatic heterocycles. The van der Waals surface area contributed by atoms with Crippen LogP contribution in [0.1, 0.15) is 19.4 Å². The molecule has 0 aliphatic rings. The molecule has 1 aromatic carbocycles. The monoisotopic (exact) mass is 187 g/mol. The van der Waals surface area contributed by atoms with Gasteiger partial charge in [-0.1, -0.05) is 26.0 Å². The van der Waals surface area contributed by atoms with Crippen LogP contribution in [0.25, 0.3) is 10.9 Å². The minimum absolute atomic E-state index is 0.636. The summed E-state index contributed by atoms with van der Waals surface area (Å²) in [4.78, 5) is 2.96. The second-order valence-electron chi connectivity index (χ2n) is 2.58. The molecule has 0 saturated carbocycles. The lowest BCUT2D eigenvalue weighted by Crippen LogP contribution is -1.84. The first-order valence-corrected chi connectivity index (χ1v) is 4.58. The Bertz CT molecular complexity index is 463. The normalized spacial score (nSPS) is 8.93. The highest BCUT2D eigenvalue weighted by atomic mass is 14.7. The molecule has 0 saturated heterocycles. The Balaban J connectivity index is 0.000000461. The second kappa shape index (κ2) is 4.33. The van der Waals surface area contributed by atoms with Crippen molar-refractivity contribution >= 4 is 16.6 Å². The van der Waals surface area contributed by atoms with Gasteiger partial charge in [0.15, 0.2) is 0 Å². The molecule has 0 amide bonds. The van der Waals surface area contributed by atoms with E-state index in [2.05, 4.69) is 11.1 Å². The standard InChI is InChI=1S/C9H7N3.C2H6/c10-4-6-5-12-9-7(6)2-1-3-8(9)11;1-2/h1-3,5,12H,11H2;1-2H3. The Labute approximate surface area is 83.2 Å². The van der Waals surface area contributed by atoms with Crippen LogP contribution in [0.3, 0.4) is 0 Å². The molecule has 3 nitrogen and oxygen atoms in total. The zero-order valence-electron chi connectivity index (χ0n) is 8.33. The maximum atomic E-state index is 8.70. The molecule has 0 radical (unpaired) electrons. The van der Waals surface area contributed by atoms with Gasteiger partial charge in [0.25, 0.3) is 0 Å². The highest BCUT2D eigenvalue weighted by Gasteiger charge is 2.03. The van der Waals surface area contributed by atoms with E-state index in [0.29, 0.717) is 11.3 Å². The van der Waals surface area contributed by atoms with Crippen LogP contribution >= 0.6 is 0 Å². The fourth-order valence-electron chi connectivity index (χ4n) is 1.27. The molecule has 0 aliphatic carbocycles. The van der Waals surface area contributed by atoms with Gasteiger partial charge in [0.2, 0.25) is 0 Å². The van der Waals surface area contributed by atoms with Gasteiger partial charge in [-0.3, -0.25) is 0 Å². The van der Waals surface area contributed by atoms with Crippen LogP contribution in [-0.2, 0) is 0 Å². The number of aromatic nitrogens is 1. The summed E-state index contributed by atoms with van der Waals surface area (Å²) >= 11 is 0. The van der Waals surface area contributed by atoms with E-state index in [0.717, 1.165) is 10.9 Å². The Kier molecular flexibility index (Phi) is 3.14. The maximum absolute atomic E-state index is 8.70. The number of nitriles is 1. The largest absolute Gasteiger partial charge is 0.397 e. The van der Waals surface area contributed by atoms with Crippen molar-refractivity contribution < 1.29 is 0 Å². The number of nitrogen functional groups attached to an aromatic ring is 1. The van der Waals surface area contributed by atoms with Gasteiger partial charge in [-0.25, -0.2) is 0 Å². The van der Waals surface area contributed by atoms with Gasteiger partial charge in [0.1, 0.15) is 6.07 Å². The summed E-state index contributed by atoms with van der Waals surface area (Å²) < 4.78 is 0. The van der Waals surface area contributed by atoms with E-state index in [4.69, 9.17) is 11.0 Å². The lowest BCUT2D eigenvalue weighted by Gasteiger charge is -1.93. The molecule has 1 aromatic heterocycles. The lowest BCUT2D eigenvalue weighted by atomic mass is 10.2. The highest BCUT2D eigenvalue weighted by molar-refractivity contribution is 5.93. The molecule has 0 spiro atoms. The zero-order chi connectivity index (χ0) is 10.6. The number of nitrogens with one attached hydrogen (secondary N) is 1. The smallest absolute Gasteiger partial charge is 0.101 e. The molecule has 2 aromatic rings. The molecule has 0 bridgehead atoms. The Morgan fingerprint density at radius 2 is 2.07 bits per heavy atom. The quantitative estimate of drug-likeness (QED) is 0.622. The number of anilines is 1. The third-order valence-electron chi connectivity index (χ3n) is 1.87. The van der Waals surface area contributed by atoms with E-state index < -0.39 is 0 Å². The number of rotatable bonds is 0. The summed E-state index contributed by atoms with van der Waals surface area (Å²) in [5, 5.41) is 9.59. The second-order valence-corrected chi connectivity index (χ2v) is 2.58. The first-order valence-electron chi connectivity index (χ1n) is 4.58. The molecular weight excluding hydrogens is 174 g/mol. The fraction of sp³-hybridized carbons (Fsp3) is 0.182. The number of H-pyrrole nitrogens is 1. The molecular formula is C11H13N3. The van der Waals surface area contributed by atoms with Crippen molar-refractivity contribution in [1.82, 2.24) is 4.98 Å². The number of benzene rings is 1. The predicted octanol–water partition coefficient (Wildman–Crippen LogP) is 2.65. The van der Waals surface area contributed by atoms with Crippen molar-refractivity contribution in [2.24, 2.45) is 0 Å². The minimum atomic E-state index is 0.636. The number of para-hydroxylation sites is 1. The number of nitrogens with two attached hydrogens (primary N) is 1. The van der Waals surface area contributed by atoms with E-state index in [1.807, 2.05) is 26.0 Å². The van der Waals surface area contributed by atoms with Crippen LogP contribution in [0, 0.1) is 11.3 Å². The summed E-state index contributed by atoms with van der Waals surface area (Å²) in [5.41, 5.74) is 7.84. The topological polar surface area (TPSA) is 65.6 Å². The number of hydrogen-bond acceptors (Lipinski definition) is 2. The Morgan fingerprint density at radius 1 is 1.36 bits per heavy atom. The minimum Gasteiger partial charge on any atom is -0.397 e. The molecule has 0 atom stereocenters. The SMILES string of the molecule is CC.N#Cc1c[nH]c2c(N)cccc12. The van der Waals surface area contributed by atoms with Crippen molar-refractivity contribution in [2.45, 2.75) is 13.8 Å². The summed E-state index contributed by atoms with van der Waals surface area (Å²) in [5.74, 6) is 0. The van der Waals surface area contributed by atoms with Crippen molar-refractivity contribution in [3.8, 4) is 6.07 Å². The van der Waals surface area contributed by atoms with Crippen molar-refractivity contribution in [3.63, 3.8) is 0 Å². The van der Waals surface area contributed by atoms with E-state index in [1.165, 1.54) is 0 Å². The van der Waals surface area contributed by atoms with Gasteiger partial charge in [0, 0.05) is 11.6 Å². The number of fused-ring (bicyclic) bond motifs is 1. The van der Waals surface area contributed by atoms with Crippen LogP contribution in [0.5, 0.6) is 0 Å². The first-order chi connectivity index (χ1) is 6.83. The van der Waals surface area contributed by atoms with Gasteiger partial charge in [0.05, 0.1) is 16.8 Å². The molecule has 0 unspecified atom stereocenters. The number of aromatic amines is 1. The average molecular weight is 187 g/mol. The molecule has 14 heavy (non-hydrogen) atoms. The van der Waals surface area contributed by atoms with Gasteiger partial charge < -0.3 is 10.7 Å². The van der Waals surface area contributed by atoms with E-state index in [-0.39, 0.29) is 0 Å². The summed E-state index contributed by atoms with van der Waals surface area (Å²) in [7, 11) is 0. The molecule has 2 rings (SSSR count). The Hall–Kier alpha value is -1.95. The number of nitrogens with zero attached hydrogens (tertiary/aromatic N) is 1. The molecule has 0 fully saturated rings. The van der Waals surface area contributed by atoms with Gasteiger partial charge in [-0.2, -0.15) is 5.26 Å². The average Bonchev–Trinajstić information content (AvgIpc) is 2.65.